The number of hydrogen-bond donors (Lipinski definition) is 3. The van der Waals surface area contributed by atoms with Crippen molar-refractivity contribution in [3.05, 3.63) is 73.0 Å². The second-order valence-corrected chi connectivity index (χ2v) is 10.7. The first-order chi connectivity index (χ1) is 15.6. The number of fused-ring (bicyclic) bond motifs is 1. The van der Waals surface area contributed by atoms with Crippen molar-refractivity contribution in [1.29, 1.82) is 0 Å². The van der Waals surface area contributed by atoms with Crippen molar-refractivity contribution >= 4 is 38.7 Å². The number of aryl methyl sites for hydroxylation is 1. The van der Waals surface area contributed by atoms with Crippen LogP contribution in [-0.4, -0.2) is 31.9 Å². The van der Waals surface area contributed by atoms with Crippen LogP contribution in [-0.2, 0) is 16.4 Å². The Bertz CT molecular complexity index is 1390. The monoisotopic (exact) mass is 489 g/mol. The topological polar surface area (TPSA) is 116 Å². The molecule has 1 aliphatic carbocycles. The van der Waals surface area contributed by atoms with E-state index in [4.69, 9.17) is 11.6 Å². The summed E-state index contributed by atoms with van der Waals surface area (Å²) in [5, 5.41) is 16.4. The average Bonchev–Trinajstić information content (AvgIpc) is 2.99. The van der Waals surface area contributed by atoms with E-state index in [1.807, 2.05) is 18.2 Å². The van der Waals surface area contributed by atoms with Gasteiger partial charge < -0.3 is 15.7 Å². The number of hydrogen-bond acceptors (Lipinski definition) is 7. The fourth-order valence-corrected chi connectivity index (χ4v) is 5.58. The van der Waals surface area contributed by atoms with Gasteiger partial charge in [0.05, 0.1) is 16.8 Å². The second kappa shape index (κ2) is 8.81. The first-order valence-corrected chi connectivity index (χ1v) is 12.3. The van der Waals surface area contributed by atoms with Crippen LogP contribution in [0.3, 0.4) is 0 Å². The number of sulfonamides is 1. The van der Waals surface area contributed by atoms with E-state index in [0.717, 1.165) is 35.6 Å². The predicted octanol–water partition coefficient (Wildman–Crippen LogP) is 3.52. The fourth-order valence-electron chi connectivity index (χ4n) is 4.10. The molecule has 0 fully saturated rings. The maximum Gasteiger partial charge on any atom is 0.253 e. The number of nitrogens with zero attached hydrogens (tertiary/aromatic N) is 1. The van der Waals surface area contributed by atoms with Gasteiger partial charge in [0.1, 0.15) is 16.3 Å². The molecule has 4 rings (SSSR count). The van der Waals surface area contributed by atoms with Gasteiger partial charge in [-0.1, -0.05) is 42.3 Å². The third-order valence-corrected chi connectivity index (χ3v) is 8.25. The zero-order valence-corrected chi connectivity index (χ0v) is 19.8. The molecule has 10 heteroatoms. The molecular weight excluding hydrogens is 466 g/mol. The van der Waals surface area contributed by atoms with Crippen LogP contribution in [0.15, 0.2) is 50.9 Å². The number of phenolic OH excluding ortho intramolecular Hbond substituents is 1. The maximum absolute atomic E-state index is 12.6. The van der Waals surface area contributed by atoms with Gasteiger partial charge in [-0.15, -0.1) is 0 Å². The van der Waals surface area contributed by atoms with Gasteiger partial charge in [0.15, 0.2) is 5.75 Å². The zero-order valence-electron chi connectivity index (χ0n) is 18.2. The van der Waals surface area contributed by atoms with E-state index >= 15 is 0 Å². The highest BCUT2D eigenvalue weighted by atomic mass is 35.5. The summed E-state index contributed by atoms with van der Waals surface area (Å²) in [6, 6.07) is 10.5. The Kier molecular flexibility index (Phi) is 6.22. The molecule has 1 unspecified atom stereocenters. The number of nitrogens with one attached hydrogen (secondary N) is 2. The van der Waals surface area contributed by atoms with Gasteiger partial charge in [-0.05, 0) is 42.5 Å². The van der Waals surface area contributed by atoms with Crippen molar-refractivity contribution in [2.45, 2.75) is 36.6 Å². The Morgan fingerprint density at radius 3 is 2.45 bits per heavy atom. The third kappa shape index (κ3) is 4.12. The standard InChI is InChI=1S/C23H24ClN3O5S/c1-27(2)33(31,32)23-15(24)11-12-17(20(23)28)26-19-18(21(29)22(19)30)25-16-10-6-4-8-13-7-3-5-9-14(13)16/h3,5,7,9,11-12,16,25-26,28H,4,6,8,10H2,1-2H3. The summed E-state index contributed by atoms with van der Waals surface area (Å²) in [5.41, 5.74) is 0.939. The minimum absolute atomic E-state index is 0.0208. The molecule has 1 atom stereocenters. The Labute approximate surface area is 196 Å². The SMILES string of the molecule is CN(C)S(=O)(=O)c1c(Cl)ccc(Nc2c(NC3CCCCc4ccccc43)c(=O)c2=O)c1O. The van der Waals surface area contributed by atoms with Crippen molar-refractivity contribution in [3.63, 3.8) is 0 Å². The van der Waals surface area contributed by atoms with E-state index in [9.17, 15) is 23.1 Å². The quantitative estimate of drug-likeness (QED) is 0.275. The van der Waals surface area contributed by atoms with Crippen LogP contribution in [0, 0.1) is 0 Å². The number of halogens is 1. The van der Waals surface area contributed by atoms with Crippen molar-refractivity contribution < 1.29 is 13.5 Å². The Hall–Kier alpha value is -2.88. The lowest BCUT2D eigenvalue weighted by molar-refractivity contribution is 0.455. The first-order valence-electron chi connectivity index (χ1n) is 10.5. The number of rotatable bonds is 6. The van der Waals surface area contributed by atoms with Crippen LogP contribution in [0.5, 0.6) is 5.75 Å². The summed E-state index contributed by atoms with van der Waals surface area (Å²) in [6.07, 6.45) is 3.75. The fraction of sp³-hybridized carbons (Fsp3) is 0.304. The molecule has 0 heterocycles. The van der Waals surface area contributed by atoms with Crippen LogP contribution >= 0.6 is 11.6 Å². The number of phenols is 1. The van der Waals surface area contributed by atoms with Gasteiger partial charge >= 0.3 is 0 Å². The van der Waals surface area contributed by atoms with E-state index in [2.05, 4.69) is 16.7 Å². The van der Waals surface area contributed by atoms with E-state index in [0.29, 0.717) is 0 Å². The lowest BCUT2D eigenvalue weighted by Gasteiger charge is -2.24. The summed E-state index contributed by atoms with van der Waals surface area (Å²) in [5.74, 6) is -0.630. The summed E-state index contributed by atoms with van der Waals surface area (Å²) in [6.45, 7) is 0. The minimum atomic E-state index is -4.06. The molecule has 0 radical (unpaired) electrons. The van der Waals surface area contributed by atoms with E-state index in [-0.39, 0.29) is 28.1 Å². The van der Waals surface area contributed by atoms with Crippen molar-refractivity contribution in [2.24, 2.45) is 0 Å². The molecule has 0 aliphatic heterocycles. The van der Waals surface area contributed by atoms with Gasteiger partial charge in [-0.3, -0.25) is 9.59 Å². The average molecular weight is 490 g/mol. The molecule has 174 valence electrons. The highest BCUT2D eigenvalue weighted by Crippen LogP contribution is 2.40. The molecule has 0 spiro atoms. The molecule has 0 aromatic heterocycles. The molecule has 3 aromatic carbocycles. The molecule has 8 nitrogen and oxygen atoms in total. The molecule has 3 aromatic rings. The summed E-state index contributed by atoms with van der Waals surface area (Å²) < 4.78 is 26.1. The smallest absolute Gasteiger partial charge is 0.253 e. The number of benzene rings is 2. The van der Waals surface area contributed by atoms with Crippen molar-refractivity contribution in [3.8, 4) is 5.75 Å². The largest absolute Gasteiger partial charge is 0.504 e. The van der Waals surface area contributed by atoms with Crippen molar-refractivity contribution in [2.75, 3.05) is 24.7 Å². The van der Waals surface area contributed by atoms with Gasteiger partial charge in [0.2, 0.25) is 10.0 Å². The third-order valence-electron chi connectivity index (χ3n) is 5.93. The lowest BCUT2D eigenvalue weighted by atomic mass is 9.98. The highest BCUT2D eigenvalue weighted by Gasteiger charge is 2.30. The highest BCUT2D eigenvalue weighted by molar-refractivity contribution is 7.89. The number of anilines is 3. The van der Waals surface area contributed by atoms with Crippen LogP contribution in [0.2, 0.25) is 5.02 Å². The van der Waals surface area contributed by atoms with Crippen LogP contribution < -0.4 is 21.5 Å². The maximum atomic E-state index is 12.6. The molecule has 1 aliphatic rings. The normalized spacial score (nSPS) is 16.4. The molecule has 0 amide bonds. The molecule has 0 saturated carbocycles. The molecule has 0 bridgehead atoms. The van der Waals surface area contributed by atoms with Gasteiger partial charge in [0, 0.05) is 14.1 Å². The van der Waals surface area contributed by atoms with Crippen LogP contribution in [0.25, 0.3) is 0 Å². The molecule has 0 saturated heterocycles. The van der Waals surface area contributed by atoms with Crippen LogP contribution in [0.1, 0.15) is 36.4 Å². The summed E-state index contributed by atoms with van der Waals surface area (Å²) >= 11 is 6.05. The Morgan fingerprint density at radius 2 is 1.73 bits per heavy atom. The van der Waals surface area contributed by atoms with Crippen LogP contribution in [0.4, 0.5) is 17.1 Å². The first kappa shape index (κ1) is 23.3. The van der Waals surface area contributed by atoms with Gasteiger partial charge in [-0.25, -0.2) is 12.7 Å². The van der Waals surface area contributed by atoms with E-state index in [1.54, 1.807) is 0 Å². The summed E-state index contributed by atoms with van der Waals surface area (Å²) in [7, 11) is -1.43. The van der Waals surface area contributed by atoms with E-state index < -0.39 is 31.5 Å². The Morgan fingerprint density at radius 1 is 1.03 bits per heavy atom. The number of aromatic hydroxyl groups is 1. The minimum Gasteiger partial charge on any atom is -0.504 e. The lowest BCUT2D eigenvalue weighted by Crippen LogP contribution is -2.37. The van der Waals surface area contributed by atoms with Gasteiger partial charge in [-0.2, -0.15) is 0 Å². The molecular formula is C23H24ClN3O5S. The Balaban J connectivity index is 1.69. The summed E-state index contributed by atoms with van der Waals surface area (Å²) in [4.78, 5) is 24.3. The van der Waals surface area contributed by atoms with Crippen molar-refractivity contribution in [1.82, 2.24) is 4.31 Å². The van der Waals surface area contributed by atoms with Gasteiger partial charge in [0.25, 0.3) is 10.9 Å². The zero-order chi connectivity index (χ0) is 23.9. The molecule has 3 N–H and O–H groups in total. The molecule has 33 heavy (non-hydrogen) atoms. The van der Waals surface area contributed by atoms with E-state index in [1.165, 1.54) is 31.8 Å². The predicted molar refractivity (Wildman–Crippen MR) is 129 cm³/mol. The second-order valence-electron chi connectivity index (χ2n) is 8.23.